The van der Waals surface area contributed by atoms with Crippen LogP contribution in [0, 0.1) is 0 Å². The number of rotatable bonds is 5. The maximum Gasteiger partial charge on any atom is 0.243 e. The van der Waals surface area contributed by atoms with Crippen molar-refractivity contribution < 1.29 is 4.79 Å². The Morgan fingerprint density at radius 2 is 1.46 bits per heavy atom. The number of amides is 1. The Morgan fingerprint density at radius 1 is 0.800 bits per heavy atom. The van der Waals surface area contributed by atoms with Crippen molar-refractivity contribution in [2.24, 2.45) is 0 Å². The fraction of sp³-hybridized carbons (Fsp3) is 0.448. The third kappa shape index (κ3) is 4.42. The van der Waals surface area contributed by atoms with Gasteiger partial charge in [0.15, 0.2) is 0 Å². The molecule has 0 atom stereocenters. The molecule has 0 N–H and O–H groups in total. The number of aromatic nitrogens is 4. The average molecular weight is 468 g/mol. The molecule has 0 saturated heterocycles. The monoisotopic (exact) mass is 467 g/mol. The highest BCUT2D eigenvalue weighted by Gasteiger charge is 2.33. The van der Waals surface area contributed by atoms with Gasteiger partial charge in [-0.15, -0.1) is 0 Å². The predicted octanol–water partition coefficient (Wildman–Crippen LogP) is 6.14. The van der Waals surface area contributed by atoms with Crippen molar-refractivity contribution in [3.05, 3.63) is 54.9 Å². The molecule has 2 fully saturated rings. The molecule has 0 unspecified atom stereocenters. The first-order valence-corrected chi connectivity index (χ1v) is 13.3. The molecule has 35 heavy (non-hydrogen) atoms. The van der Waals surface area contributed by atoms with Crippen LogP contribution in [0.25, 0.3) is 33.5 Å². The van der Waals surface area contributed by atoms with Gasteiger partial charge in [-0.25, -0.2) is 4.98 Å². The summed E-state index contributed by atoms with van der Waals surface area (Å²) in [4.78, 5) is 30.3. The summed E-state index contributed by atoms with van der Waals surface area (Å²) < 4.78 is 2.12. The van der Waals surface area contributed by atoms with Crippen molar-refractivity contribution in [3.8, 4) is 11.4 Å². The Morgan fingerprint density at radius 3 is 2.17 bits per heavy atom. The van der Waals surface area contributed by atoms with Gasteiger partial charge in [0.25, 0.3) is 0 Å². The lowest BCUT2D eigenvalue weighted by Crippen LogP contribution is -2.50. The van der Waals surface area contributed by atoms with Gasteiger partial charge in [0.05, 0.1) is 22.1 Å². The van der Waals surface area contributed by atoms with Gasteiger partial charge in [0.2, 0.25) is 5.91 Å². The molecule has 2 aliphatic rings. The summed E-state index contributed by atoms with van der Waals surface area (Å²) in [5.74, 6) is 1.06. The van der Waals surface area contributed by atoms with E-state index in [4.69, 9.17) is 4.98 Å². The third-order valence-corrected chi connectivity index (χ3v) is 7.90. The van der Waals surface area contributed by atoms with Crippen molar-refractivity contribution in [2.45, 2.75) is 82.8 Å². The quantitative estimate of drug-likeness (QED) is 0.354. The van der Waals surface area contributed by atoms with Crippen molar-refractivity contribution in [3.63, 3.8) is 0 Å². The second-order valence-corrected chi connectivity index (χ2v) is 10.2. The van der Waals surface area contributed by atoms with E-state index in [2.05, 4.69) is 25.5 Å². The molecule has 6 heteroatoms. The van der Waals surface area contributed by atoms with Crippen molar-refractivity contribution >= 4 is 28.0 Å². The Labute approximate surface area is 206 Å². The first-order valence-electron chi connectivity index (χ1n) is 13.3. The Kier molecular flexibility index (Phi) is 6.19. The molecule has 2 aromatic carbocycles. The fourth-order valence-corrected chi connectivity index (χ4v) is 6.20. The van der Waals surface area contributed by atoms with Crippen LogP contribution in [0.1, 0.15) is 64.2 Å². The van der Waals surface area contributed by atoms with Gasteiger partial charge in [-0.2, -0.15) is 0 Å². The number of fused-ring (bicyclic) bond motifs is 2. The molecule has 6 nitrogen and oxygen atoms in total. The van der Waals surface area contributed by atoms with Crippen molar-refractivity contribution in [1.82, 2.24) is 24.4 Å². The van der Waals surface area contributed by atoms with Gasteiger partial charge in [0, 0.05) is 30.0 Å². The molecule has 2 aromatic heterocycles. The van der Waals surface area contributed by atoms with Gasteiger partial charge >= 0.3 is 0 Å². The molecule has 2 heterocycles. The van der Waals surface area contributed by atoms with E-state index in [0.717, 1.165) is 59.1 Å². The first-order chi connectivity index (χ1) is 17.3. The maximum atomic E-state index is 14.1. The summed E-state index contributed by atoms with van der Waals surface area (Å²) in [7, 11) is 0. The molecular formula is C29H33N5O. The number of imidazole rings is 1. The number of hydrogen-bond donors (Lipinski definition) is 0. The number of carbonyl (C=O) groups excluding carboxylic acids is 1. The second-order valence-electron chi connectivity index (χ2n) is 10.2. The second kappa shape index (κ2) is 9.76. The molecule has 2 aliphatic carbocycles. The molecule has 0 bridgehead atoms. The number of carbonyl (C=O) groups is 1. The van der Waals surface area contributed by atoms with Gasteiger partial charge < -0.3 is 9.47 Å². The summed E-state index contributed by atoms with van der Waals surface area (Å²) in [5.41, 5.74) is 4.57. The fourth-order valence-electron chi connectivity index (χ4n) is 6.20. The topological polar surface area (TPSA) is 63.9 Å². The number of nitrogens with zero attached hydrogens (tertiary/aromatic N) is 5. The number of benzene rings is 2. The SMILES string of the molecule is O=C(Cn1c(-c2ccc3nccnc3c2)nc2ccccc21)N(C1CCCCC1)C1CCCCC1. The van der Waals surface area contributed by atoms with E-state index in [1.807, 2.05) is 36.4 Å². The van der Waals surface area contributed by atoms with Crippen LogP contribution in [0.2, 0.25) is 0 Å². The summed E-state index contributed by atoms with van der Waals surface area (Å²) in [6.07, 6.45) is 15.5. The van der Waals surface area contributed by atoms with Gasteiger partial charge in [-0.1, -0.05) is 50.7 Å². The van der Waals surface area contributed by atoms with Crippen LogP contribution in [-0.4, -0.2) is 42.4 Å². The highest BCUT2D eigenvalue weighted by molar-refractivity contribution is 5.87. The van der Waals surface area contributed by atoms with Crippen LogP contribution in [0.3, 0.4) is 0 Å². The lowest BCUT2D eigenvalue weighted by molar-refractivity contribution is -0.138. The standard InChI is InChI=1S/C29H33N5O/c35-28(34(22-9-3-1-4-10-22)23-11-5-2-6-12-23)20-33-27-14-8-7-13-25(27)32-29(33)21-15-16-24-26(19-21)31-18-17-30-24/h7-8,13-19,22-23H,1-6,9-12,20H2. The summed E-state index contributed by atoms with van der Waals surface area (Å²) in [6, 6.07) is 15.0. The molecule has 180 valence electrons. The van der Waals surface area contributed by atoms with E-state index in [1.54, 1.807) is 12.4 Å². The van der Waals surface area contributed by atoms with Gasteiger partial charge in [-0.05, 0) is 56.0 Å². The highest BCUT2D eigenvalue weighted by Crippen LogP contribution is 2.32. The Hall–Kier alpha value is -3.28. The van der Waals surface area contributed by atoms with Crippen molar-refractivity contribution in [2.75, 3.05) is 0 Å². The Balaban J connectivity index is 1.39. The molecular weight excluding hydrogens is 434 g/mol. The molecule has 1 amide bonds. The zero-order valence-electron chi connectivity index (χ0n) is 20.3. The van der Waals surface area contributed by atoms with Crippen LogP contribution in [0.15, 0.2) is 54.9 Å². The smallest absolute Gasteiger partial charge is 0.243 e. The molecule has 6 rings (SSSR count). The van der Waals surface area contributed by atoms with Crippen LogP contribution < -0.4 is 0 Å². The zero-order valence-corrected chi connectivity index (χ0v) is 20.3. The van der Waals surface area contributed by atoms with E-state index in [1.165, 1.54) is 38.5 Å². The predicted molar refractivity (Wildman–Crippen MR) is 139 cm³/mol. The lowest BCUT2D eigenvalue weighted by atomic mass is 9.88. The average Bonchev–Trinajstić information content (AvgIpc) is 3.28. The molecule has 2 saturated carbocycles. The molecule has 4 aromatic rings. The lowest BCUT2D eigenvalue weighted by Gasteiger charge is -2.42. The number of para-hydroxylation sites is 2. The van der Waals surface area contributed by atoms with Crippen LogP contribution >= 0.6 is 0 Å². The molecule has 0 radical (unpaired) electrons. The van der Waals surface area contributed by atoms with E-state index < -0.39 is 0 Å². The van der Waals surface area contributed by atoms with Crippen LogP contribution in [0.5, 0.6) is 0 Å². The minimum absolute atomic E-state index is 0.244. The minimum atomic E-state index is 0.244. The summed E-state index contributed by atoms with van der Waals surface area (Å²) in [6.45, 7) is 0.321. The van der Waals surface area contributed by atoms with Crippen LogP contribution in [0.4, 0.5) is 0 Å². The van der Waals surface area contributed by atoms with Gasteiger partial charge in [0.1, 0.15) is 12.4 Å². The van der Waals surface area contributed by atoms with E-state index in [-0.39, 0.29) is 5.91 Å². The normalized spacial score (nSPS) is 17.7. The summed E-state index contributed by atoms with van der Waals surface area (Å²) in [5, 5.41) is 0. The largest absolute Gasteiger partial charge is 0.335 e. The minimum Gasteiger partial charge on any atom is -0.335 e. The van der Waals surface area contributed by atoms with E-state index >= 15 is 0 Å². The first kappa shape index (κ1) is 22.2. The number of hydrogen-bond acceptors (Lipinski definition) is 4. The van der Waals surface area contributed by atoms with Gasteiger partial charge in [-0.3, -0.25) is 14.8 Å². The van der Waals surface area contributed by atoms with Crippen LogP contribution in [-0.2, 0) is 11.3 Å². The third-order valence-electron chi connectivity index (χ3n) is 7.90. The highest BCUT2D eigenvalue weighted by atomic mass is 16.2. The maximum absolute atomic E-state index is 14.1. The van der Waals surface area contributed by atoms with E-state index in [9.17, 15) is 4.79 Å². The molecule has 0 spiro atoms. The zero-order chi connectivity index (χ0) is 23.6. The molecule has 0 aliphatic heterocycles. The van der Waals surface area contributed by atoms with E-state index in [0.29, 0.717) is 18.6 Å². The summed E-state index contributed by atoms with van der Waals surface area (Å²) >= 11 is 0. The Bertz CT molecular complexity index is 1320. The van der Waals surface area contributed by atoms with Crippen molar-refractivity contribution in [1.29, 1.82) is 0 Å².